The minimum Gasteiger partial charge on any atom is -0.392 e. The molecule has 1 rings (SSSR count). The lowest BCUT2D eigenvalue weighted by molar-refractivity contribution is 0.131. The van der Waals surface area contributed by atoms with Crippen LogP contribution in [0.15, 0.2) is 18.2 Å². The summed E-state index contributed by atoms with van der Waals surface area (Å²) in [6.45, 7) is 6.47. The average molecular weight is 263 g/mol. The minimum atomic E-state index is -0.380. The molecule has 19 heavy (non-hydrogen) atoms. The van der Waals surface area contributed by atoms with Gasteiger partial charge in [-0.05, 0) is 48.8 Å². The Morgan fingerprint density at radius 2 is 1.79 bits per heavy atom. The summed E-state index contributed by atoms with van der Waals surface area (Å²) >= 11 is 0. The SMILES string of the molecule is CCCC(N)C(O)CCc1cc(CC)ccc1CC. The highest BCUT2D eigenvalue weighted by Gasteiger charge is 2.14. The van der Waals surface area contributed by atoms with Gasteiger partial charge in [0.05, 0.1) is 6.10 Å². The molecule has 0 aromatic heterocycles. The van der Waals surface area contributed by atoms with Gasteiger partial charge in [-0.2, -0.15) is 0 Å². The first-order valence-corrected chi connectivity index (χ1v) is 7.66. The van der Waals surface area contributed by atoms with E-state index in [-0.39, 0.29) is 12.1 Å². The van der Waals surface area contributed by atoms with Crippen LogP contribution >= 0.6 is 0 Å². The number of aryl methyl sites for hydroxylation is 3. The molecule has 3 N–H and O–H groups in total. The van der Waals surface area contributed by atoms with Crippen molar-refractivity contribution in [3.05, 3.63) is 34.9 Å². The Bertz CT molecular complexity index is 376. The van der Waals surface area contributed by atoms with E-state index in [4.69, 9.17) is 5.73 Å². The summed E-state index contributed by atoms with van der Waals surface area (Å²) in [6.07, 6.45) is 5.36. The Labute approximate surface area is 118 Å². The second kappa shape index (κ2) is 8.34. The summed E-state index contributed by atoms with van der Waals surface area (Å²) in [7, 11) is 0. The Morgan fingerprint density at radius 1 is 1.05 bits per heavy atom. The number of aliphatic hydroxyl groups excluding tert-OH is 1. The number of benzene rings is 1. The Hall–Kier alpha value is -0.860. The van der Waals surface area contributed by atoms with E-state index in [0.717, 1.165) is 38.5 Å². The molecule has 2 atom stereocenters. The molecule has 0 saturated heterocycles. The molecule has 0 heterocycles. The summed E-state index contributed by atoms with van der Waals surface area (Å²) in [5, 5.41) is 10.1. The predicted octanol–water partition coefficient (Wildman–Crippen LogP) is 3.23. The molecular formula is C17H29NO. The molecule has 1 aromatic carbocycles. The normalized spacial score (nSPS) is 14.4. The molecule has 0 bridgehead atoms. The molecule has 2 unspecified atom stereocenters. The first kappa shape index (κ1) is 16.2. The zero-order chi connectivity index (χ0) is 14.3. The molecule has 0 spiro atoms. The van der Waals surface area contributed by atoms with Gasteiger partial charge in [-0.1, -0.05) is 45.4 Å². The van der Waals surface area contributed by atoms with Crippen molar-refractivity contribution in [3.63, 3.8) is 0 Å². The Morgan fingerprint density at radius 3 is 2.37 bits per heavy atom. The van der Waals surface area contributed by atoms with Crippen molar-refractivity contribution in [3.8, 4) is 0 Å². The fourth-order valence-electron chi connectivity index (χ4n) is 2.52. The minimum absolute atomic E-state index is 0.0792. The maximum Gasteiger partial charge on any atom is 0.0694 e. The Kier molecular flexibility index (Phi) is 7.11. The molecule has 0 fully saturated rings. The standard InChI is InChI=1S/C17H29NO/c1-4-7-16(18)17(19)11-10-15-12-13(5-2)8-9-14(15)6-3/h8-9,12,16-17,19H,4-7,10-11,18H2,1-3H3. The van der Waals surface area contributed by atoms with Crippen molar-refractivity contribution in [1.29, 1.82) is 0 Å². The van der Waals surface area contributed by atoms with Crippen molar-refractivity contribution in [2.45, 2.75) is 71.4 Å². The first-order valence-electron chi connectivity index (χ1n) is 7.66. The molecule has 0 aliphatic rings. The van der Waals surface area contributed by atoms with Gasteiger partial charge in [0.1, 0.15) is 0 Å². The molecule has 0 aliphatic heterocycles. The van der Waals surface area contributed by atoms with Gasteiger partial charge in [0.2, 0.25) is 0 Å². The van der Waals surface area contributed by atoms with Crippen LogP contribution in [-0.2, 0) is 19.3 Å². The zero-order valence-electron chi connectivity index (χ0n) is 12.7. The molecule has 0 amide bonds. The summed E-state index contributed by atoms with van der Waals surface area (Å²) in [5.74, 6) is 0. The second-order valence-corrected chi connectivity index (χ2v) is 5.37. The van der Waals surface area contributed by atoms with Crippen LogP contribution in [0.5, 0.6) is 0 Å². The number of rotatable bonds is 8. The maximum absolute atomic E-state index is 10.1. The summed E-state index contributed by atoms with van der Waals surface area (Å²) in [6, 6.07) is 6.65. The van der Waals surface area contributed by atoms with Gasteiger partial charge in [-0.15, -0.1) is 0 Å². The van der Waals surface area contributed by atoms with Gasteiger partial charge in [-0.25, -0.2) is 0 Å². The van der Waals surface area contributed by atoms with Gasteiger partial charge in [0, 0.05) is 6.04 Å². The molecule has 0 aliphatic carbocycles. The number of aliphatic hydroxyl groups is 1. The summed E-state index contributed by atoms with van der Waals surface area (Å²) < 4.78 is 0. The van der Waals surface area contributed by atoms with E-state index < -0.39 is 0 Å². The van der Waals surface area contributed by atoms with Gasteiger partial charge >= 0.3 is 0 Å². The summed E-state index contributed by atoms with van der Waals surface area (Å²) in [5.41, 5.74) is 10.1. The fourth-order valence-corrected chi connectivity index (χ4v) is 2.52. The lowest BCUT2D eigenvalue weighted by atomic mass is 9.94. The predicted molar refractivity (Wildman–Crippen MR) is 82.4 cm³/mol. The van der Waals surface area contributed by atoms with Crippen LogP contribution in [0.1, 0.15) is 56.7 Å². The van der Waals surface area contributed by atoms with E-state index >= 15 is 0 Å². The molecule has 2 heteroatoms. The number of hydrogen-bond donors (Lipinski definition) is 2. The average Bonchev–Trinajstić information content (AvgIpc) is 2.44. The van der Waals surface area contributed by atoms with E-state index in [9.17, 15) is 5.11 Å². The third-order valence-corrected chi connectivity index (χ3v) is 3.89. The lowest BCUT2D eigenvalue weighted by Gasteiger charge is -2.19. The van der Waals surface area contributed by atoms with Crippen molar-refractivity contribution >= 4 is 0 Å². The van der Waals surface area contributed by atoms with E-state index in [1.165, 1.54) is 16.7 Å². The van der Waals surface area contributed by atoms with Gasteiger partial charge in [0.25, 0.3) is 0 Å². The zero-order valence-corrected chi connectivity index (χ0v) is 12.7. The number of hydrogen-bond acceptors (Lipinski definition) is 2. The van der Waals surface area contributed by atoms with Crippen LogP contribution in [0.4, 0.5) is 0 Å². The fraction of sp³-hybridized carbons (Fsp3) is 0.647. The second-order valence-electron chi connectivity index (χ2n) is 5.37. The molecular weight excluding hydrogens is 234 g/mol. The van der Waals surface area contributed by atoms with E-state index in [2.05, 4.69) is 39.0 Å². The molecule has 0 saturated carbocycles. The van der Waals surface area contributed by atoms with Crippen molar-refractivity contribution < 1.29 is 5.11 Å². The van der Waals surface area contributed by atoms with Gasteiger partial charge < -0.3 is 10.8 Å². The van der Waals surface area contributed by atoms with E-state index in [0.29, 0.717) is 0 Å². The summed E-state index contributed by atoms with van der Waals surface area (Å²) in [4.78, 5) is 0. The van der Waals surface area contributed by atoms with Crippen molar-refractivity contribution in [2.24, 2.45) is 5.73 Å². The smallest absolute Gasteiger partial charge is 0.0694 e. The molecule has 108 valence electrons. The lowest BCUT2D eigenvalue weighted by Crippen LogP contribution is -2.34. The quantitative estimate of drug-likeness (QED) is 0.756. The van der Waals surface area contributed by atoms with Crippen molar-refractivity contribution in [2.75, 3.05) is 0 Å². The topological polar surface area (TPSA) is 46.2 Å². The highest BCUT2D eigenvalue weighted by atomic mass is 16.3. The maximum atomic E-state index is 10.1. The number of nitrogens with two attached hydrogens (primary N) is 1. The Balaban J connectivity index is 2.65. The third-order valence-electron chi connectivity index (χ3n) is 3.89. The van der Waals surface area contributed by atoms with Crippen LogP contribution in [0.3, 0.4) is 0 Å². The van der Waals surface area contributed by atoms with Gasteiger partial charge in [0.15, 0.2) is 0 Å². The highest BCUT2D eigenvalue weighted by molar-refractivity contribution is 5.32. The molecule has 1 aromatic rings. The van der Waals surface area contributed by atoms with Crippen molar-refractivity contribution in [1.82, 2.24) is 0 Å². The van der Waals surface area contributed by atoms with Crippen LogP contribution in [0.25, 0.3) is 0 Å². The third kappa shape index (κ3) is 4.96. The van der Waals surface area contributed by atoms with E-state index in [1.807, 2.05) is 0 Å². The van der Waals surface area contributed by atoms with Crippen LogP contribution in [0, 0.1) is 0 Å². The van der Waals surface area contributed by atoms with Gasteiger partial charge in [-0.3, -0.25) is 0 Å². The monoisotopic (exact) mass is 263 g/mol. The molecule has 0 radical (unpaired) electrons. The molecule has 2 nitrogen and oxygen atoms in total. The van der Waals surface area contributed by atoms with E-state index in [1.54, 1.807) is 0 Å². The highest BCUT2D eigenvalue weighted by Crippen LogP contribution is 2.17. The first-order chi connectivity index (χ1) is 9.12. The largest absolute Gasteiger partial charge is 0.392 e. The van der Waals surface area contributed by atoms with Crippen LogP contribution in [0.2, 0.25) is 0 Å². The van der Waals surface area contributed by atoms with Crippen LogP contribution in [-0.4, -0.2) is 17.3 Å². The van der Waals surface area contributed by atoms with Crippen LogP contribution < -0.4 is 5.73 Å².